The van der Waals surface area contributed by atoms with Crippen molar-refractivity contribution >= 4 is 9.84 Å². The summed E-state index contributed by atoms with van der Waals surface area (Å²) >= 11 is 0. The van der Waals surface area contributed by atoms with Crippen LogP contribution in [-0.2, 0) is 9.84 Å². The van der Waals surface area contributed by atoms with Crippen LogP contribution in [0, 0.1) is 6.92 Å². The van der Waals surface area contributed by atoms with Crippen LogP contribution in [0.2, 0.25) is 0 Å². The minimum atomic E-state index is -3.13. The average molecular weight is 217 g/mol. The topological polar surface area (TPSA) is 73.3 Å². The van der Waals surface area contributed by atoms with Crippen molar-refractivity contribution in [2.45, 2.75) is 25.1 Å². The molecule has 0 aliphatic heterocycles. The summed E-state index contributed by atoms with van der Waals surface area (Å²) in [4.78, 5) is 0. The molecule has 0 aliphatic rings. The molecule has 0 saturated heterocycles. The van der Waals surface area contributed by atoms with E-state index in [1.165, 1.54) is 6.26 Å². The predicted octanol–water partition coefficient (Wildman–Crippen LogP) is 1.02. The Kier molecular flexibility index (Phi) is 3.01. The molecule has 0 spiro atoms. The third kappa shape index (κ3) is 2.36. The molecule has 0 aromatic carbocycles. The first-order chi connectivity index (χ1) is 6.32. The number of nitrogens with two attached hydrogens (primary N) is 1. The molecule has 14 heavy (non-hydrogen) atoms. The van der Waals surface area contributed by atoms with Crippen LogP contribution in [0.1, 0.15) is 24.5 Å². The highest BCUT2D eigenvalue weighted by Gasteiger charge is 2.26. The Morgan fingerprint density at radius 1 is 1.43 bits per heavy atom. The van der Waals surface area contributed by atoms with E-state index in [1.54, 1.807) is 26.0 Å². The third-order valence-electron chi connectivity index (χ3n) is 2.27. The standard InChI is InChI=1S/C9H15NO3S/c1-6-4-5-8(13-6)9(10)7(2)14(3,11)12/h4-5,7,9H,10H2,1-3H3. The molecule has 2 N–H and O–H groups in total. The Morgan fingerprint density at radius 3 is 2.36 bits per heavy atom. The second kappa shape index (κ2) is 3.74. The first kappa shape index (κ1) is 11.3. The summed E-state index contributed by atoms with van der Waals surface area (Å²) in [5.74, 6) is 1.25. The van der Waals surface area contributed by atoms with Crippen LogP contribution < -0.4 is 5.73 Å². The SMILES string of the molecule is Cc1ccc(C(N)C(C)S(C)(=O)=O)o1. The molecule has 0 fully saturated rings. The van der Waals surface area contributed by atoms with Crippen molar-refractivity contribution in [1.29, 1.82) is 0 Å². The monoisotopic (exact) mass is 217 g/mol. The Morgan fingerprint density at radius 2 is 2.00 bits per heavy atom. The summed E-state index contributed by atoms with van der Waals surface area (Å²) in [6.45, 7) is 3.37. The van der Waals surface area contributed by atoms with Crippen LogP contribution in [-0.4, -0.2) is 19.9 Å². The fourth-order valence-corrected chi connectivity index (χ4v) is 1.80. The maximum Gasteiger partial charge on any atom is 0.152 e. The maximum absolute atomic E-state index is 11.2. The summed E-state index contributed by atoms with van der Waals surface area (Å²) in [6, 6.07) is 2.88. The van der Waals surface area contributed by atoms with Crippen molar-refractivity contribution in [2.75, 3.05) is 6.26 Å². The van der Waals surface area contributed by atoms with Crippen LogP contribution >= 0.6 is 0 Å². The van der Waals surface area contributed by atoms with Crippen LogP contribution in [0.25, 0.3) is 0 Å². The van der Waals surface area contributed by atoms with Gasteiger partial charge in [-0.2, -0.15) is 0 Å². The van der Waals surface area contributed by atoms with E-state index in [9.17, 15) is 8.42 Å². The third-order valence-corrected chi connectivity index (χ3v) is 3.91. The average Bonchev–Trinajstić information content (AvgIpc) is 2.47. The van der Waals surface area contributed by atoms with Crippen molar-refractivity contribution < 1.29 is 12.8 Å². The molecule has 0 aliphatic carbocycles. The molecule has 0 bridgehead atoms. The zero-order valence-corrected chi connectivity index (χ0v) is 9.34. The molecule has 1 aromatic heterocycles. The lowest BCUT2D eigenvalue weighted by Gasteiger charge is -2.15. The van der Waals surface area contributed by atoms with Crippen LogP contribution in [0.5, 0.6) is 0 Å². The van der Waals surface area contributed by atoms with Gasteiger partial charge in [0.25, 0.3) is 0 Å². The Labute approximate surface area is 84.0 Å². The van der Waals surface area contributed by atoms with Crippen molar-refractivity contribution in [3.8, 4) is 0 Å². The minimum Gasteiger partial charge on any atom is -0.465 e. The van der Waals surface area contributed by atoms with E-state index in [4.69, 9.17) is 10.2 Å². The van der Waals surface area contributed by atoms with E-state index >= 15 is 0 Å². The summed E-state index contributed by atoms with van der Waals surface area (Å²) < 4.78 is 27.7. The summed E-state index contributed by atoms with van der Waals surface area (Å²) in [7, 11) is -3.13. The smallest absolute Gasteiger partial charge is 0.152 e. The fraction of sp³-hybridized carbons (Fsp3) is 0.556. The Bertz CT molecular complexity index is 407. The lowest BCUT2D eigenvalue weighted by atomic mass is 10.2. The van der Waals surface area contributed by atoms with Gasteiger partial charge in [-0.3, -0.25) is 0 Å². The largest absolute Gasteiger partial charge is 0.465 e. The minimum absolute atomic E-state index is 0.514. The molecular weight excluding hydrogens is 202 g/mol. The highest BCUT2D eigenvalue weighted by Crippen LogP contribution is 2.20. The molecule has 0 radical (unpaired) electrons. The predicted molar refractivity (Wildman–Crippen MR) is 54.7 cm³/mol. The number of aryl methyl sites for hydroxylation is 1. The van der Waals surface area contributed by atoms with Crippen LogP contribution in [0.3, 0.4) is 0 Å². The van der Waals surface area contributed by atoms with Crippen molar-refractivity contribution in [3.63, 3.8) is 0 Å². The first-order valence-electron chi connectivity index (χ1n) is 4.33. The molecule has 1 aromatic rings. The van der Waals surface area contributed by atoms with Crippen LogP contribution in [0.15, 0.2) is 16.5 Å². The van der Waals surface area contributed by atoms with Gasteiger partial charge >= 0.3 is 0 Å². The Hall–Kier alpha value is -0.810. The van der Waals surface area contributed by atoms with E-state index in [-0.39, 0.29) is 0 Å². The number of hydrogen-bond donors (Lipinski definition) is 1. The summed E-state index contributed by atoms with van der Waals surface area (Å²) in [6.07, 6.45) is 1.17. The second-order valence-electron chi connectivity index (χ2n) is 3.51. The molecule has 2 atom stereocenters. The quantitative estimate of drug-likeness (QED) is 0.820. The highest BCUT2D eigenvalue weighted by molar-refractivity contribution is 7.91. The van der Waals surface area contributed by atoms with Gasteiger partial charge in [-0.15, -0.1) is 0 Å². The summed E-state index contributed by atoms with van der Waals surface area (Å²) in [5, 5.41) is -0.631. The van der Waals surface area contributed by atoms with E-state index in [0.29, 0.717) is 5.76 Å². The maximum atomic E-state index is 11.2. The molecule has 4 nitrogen and oxygen atoms in total. The fourth-order valence-electron chi connectivity index (χ4n) is 1.13. The zero-order valence-electron chi connectivity index (χ0n) is 8.52. The Balaban J connectivity index is 2.91. The van der Waals surface area contributed by atoms with E-state index < -0.39 is 21.1 Å². The number of sulfone groups is 1. The molecule has 80 valence electrons. The molecule has 5 heteroatoms. The van der Waals surface area contributed by atoms with Crippen molar-refractivity contribution in [3.05, 3.63) is 23.7 Å². The highest BCUT2D eigenvalue weighted by atomic mass is 32.2. The van der Waals surface area contributed by atoms with Crippen molar-refractivity contribution in [1.82, 2.24) is 0 Å². The van der Waals surface area contributed by atoms with Gasteiger partial charge in [0.05, 0.1) is 11.3 Å². The lowest BCUT2D eigenvalue weighted by Crippen LogP contribution is -2.30. The molecule has 1 heterocycles. The first-order valence-corrected chi connectivity index (χ1v) is 6.28. The van der Waals surface area contributed by atoms with E-state index in [2.05, 4.69) is 0 Å². The number of rotatable bonds is 3. The second-order valence-corrected chi connectivity index (χ2v) is 5.91. The molecule has 2 unspecified atom stereocenters. The van der Waals surface area contributed by atoms with Gasteiger partial charge in [0.2, 0.25) is 0 Å². The van der Waals surface area contributed by atoms with E-state index in [0.717, 1.165) is 5.76 Å². The van der Waals surface area contributed by atoms with Crippen LogP contribution in [0.4, 0.5) is 0 Å². The molecular formula is C9H15NO3S. The van der Waals surface area contributed by atoms with E-state index in [1.807, 2.05) is 0 Å². The zero-order chi connectivity index (χ0) is 10.9. The van der Waals surface area contributed by atoms with Gasteiger partial charge < -0.3 is 10.2 Å². The van der Waals surface area contributed by atoms with Gasteiger partial charge in [-0.25, -0.2) is 8.42 Å². The van der Waals surface area contributed by atoms with Gasteiger partial charge in [0.1, 0.15) is 11.5 Å². The van der Waals surface area contributed by atoms with Gasteiger partial charge in [-0.05, 0) is 26.0 Å². The molecule has 0 amide bonds. The summed E-state index contributed by atoms with van der Waals surface area (Å²) in [5.41, 5.74) is 5.77. The molecule has 1 rings (SSSR count). The molecule has 0 saturated carbocycles. The normalized spacial score (nSPS) is 16.6. The van der Waals surface area contributed by atoms with Gasteiger partial charge in [0.15, 0.2) is 9.84 Å². The number of hydrogen-bond acceptors (Lipinski definition) is 4. The van der Waals surface area contributed by atoms with Gasteiger partial charge in [-0.1, -0.05) is 0 Å². The number of furan rings is 1. The van der Waals surface area contributed by atoms with Gasteiger partial charge in [0, 0.05) is 6.26 Å². The van der Waals surface area contributed by atoms with Crippen molar-refractivity contribution in [2.24, 2.45) is 5.73 Å². The lowest BCUT2D eigenvalue weighted by molar-refractivity contribution is 0.438.